The van der Waals surface area contributed by atoms with Gasteiger partial charge in [-0.05, 0) is 24.3 Å². The fraction of sp³-hybridized carbons (Fsp3) is 0.0714. The Labute approximate surface area is 123 Å². The van der Waals surface area contributed by atoms with E-state index in [1.54, 1.807) is 35.2 Å². The average molecular weight is 303 g/mol. The number of carboxylic acid groups (broad SMARTS) is 1. The van der Waals surface area contributed by atoms with Crippen LogP contribution in [0.5, 0.6) is 0 Å². The molecule has 5 nitrogen and oxygen atoms in total. The van der Waals surface area contributed by atoms with Gasteiger partial charge in [-0.25, -0.2) is 9.37 Å². The summed E-state index contributed by atoms with van der Waals surface area (Å²) in [5.41, 5.74) is 1.98. The quantitative estimate of drug-likeness (QED) is 0.751. The Bertz CT molecular complexity index is 819. The minimum atomic E-state index is -0.934. The summed E-state index contributed by atoms with van der Waals surface area (Å²) in [5.74, 6) is -1.42. The van der Waals surface area contributed by atoms with Crippen LogP contribution in [-0.4, -0.2) is 31.4 Å². The van der Waals surface area contributed by atoms with Gasteiger partial charge in [0.15, 0.2) is 5.16 Å². The molecule has 106 valence electrons. The van der Waals surface area contributed by atoms with Crippen LogP contribution in [0, 0.1) is 5.82 Å². The lowest BCUT2D eigenvalue weighted by molar-refractivity contribution is -0.133. The van der Waals surface area contributed by atoms with Crippen LogP contribution in [-0.2, 0) is 4.79 Å². The van der Waals surface area contributed by atoms with E-state index in [9.17, 15) is 9.18 Å². The van der Waals surface area contributed by atoms with E-state index in [0.717, 1.165) is 17.3 Å². The van der Waals surface area contributed by atoms with Gasteiger partial charge in [-0.15, -0.1) is 0 Å². The van der Waals surface area contributed by atoms with E-state index < -0.39 is 5.97 Å². The standard InChI is InChI=1S/C14H10FN3O2S/c15-9-2-1-3-10(6-9)18-12-4-5-16-7-11(12)17-14(18)21-8-13(19)20/h1-7H,8H2,(H,19,20). The predicted molar refractivity (Wildman–Crippen MR) is 77.2 cm³/mol. The Hall–Kier alpha value is -2.41. The third-order valence-corrected chi connectivity index (χ3v) is 3.74. The molecule has 3 aromatic rings. The Balaban J connectivity index is 2.17. The van der Waals surface area contributed by atoms with E-state index in [1.165, 1.54) is 12.1 Å². The molecule has 0 aliphatic heterocycles. The number of carbonyl (C=O) groups is 1. The number of hydrogen-bond acceptors (Lipinski definition) is 4. The zero-order valence-electron chi connectivity index (χ0n) is 10.7. The third-order valence-electron chi connectivity index (χ3n) is 2.82. The summed E-state index contributed by atoms with van der Waals surface area (Å²) in [6.07, 6.45) is 3.21. The van der Waals surface area contributed by atoms with Gasteiger partial charge < -0.3 is 5.11 Å². The number of halogens is 1. The van der Waals surface area contributed by atoms with Gasteiger partial charge in [0.2, 0.25) is 0 Å². The molecule has 2 aromatic heterocycles. The van der Waals surface area contributed by atoms with Crippen LogP contribution >= 0.6 is 11.8 Å². The number of aliphatic carboxylic acids is 1. The predicted octanol–water partition coefficient (Wildman–Crippen LogP) is 2.74. The molecular weight excluding hydrogens is 293 g/mol. The fourth-order valence-corrected chi connectivity index (χ4v) is 2.75. The van der Waals surface area contributed by atoms with Crippen molar-refractivity contribution in [3.63, 3.8) is 0 Å². The Morgan fingerprint density at radius 1 is 1.38 bits per heavy atom. The van der Waals surface area contributed by atoms with Crippen LogP contribution in [0.2, 0.25) is 0 Å². The Morgan fingerprint density at radius 2 is 2.24 bits per heavy atom. The first-order valence-corrected chi connectivity index (χ1v) is 7.07. The van der Waals surface area contributed by atoms with Gasteiger partial charge in [-0.3, -0.25) is 14.3 Å². The van der Waals surface area contributed by atoms with Crippen LogP contribution in [0.15, 0.2) is 47.9 Å². The van der Waals surface area contributed by atoms with Gasteiger partial charge in [-0.1, -0.05) is 17.8 Å². The second kappa shape index (κ2) is 5.53. The number of nitrogens with zero attached hydrogens (tertiary/aromatic N) is 3. The molecule has 1 aromatic carbocycles. The maximum atomic E-state index is 13.5. The minimum Gasteiger partial charge on any atom is -0.481 e. The number of pyridine rings is 1. The van der Waals surface area contributed by atoms with Crippen molar-refractivity contribution >= 4 is 28.8 Å². The maximum Gasteiger partial charge on any atom is 0.313 e. The Kier molecular flexibility index (Phi) is 3.57. The van der Waals surface area contributed by atoms with Crippen LogP contribution in [0.3, 0.4) is 0 Å². The van der Waals surface area contributed by atoms with Crippen molar-refractivity contribution in [3.8, 4) is 5.69 Å². The number of rotatable bonds is 4. The molecule has 1 N–H and O–H groups in total. The first-order chi connectivity index (χ1) is 10.1. The van der Waals surface area contributed by atoms with Gasteiger partial charge in [0.05, 0.1) is 23.2 Å². The molecule has 0 fully saturated rings. The molecule has 0 aliphatic carbocycles. The molecule has 0 saturated heterocycles. The monoisotopic (exact) mass is 303 g/mol. The molecular formula is C14H10FN3O2S. The molecule has 3 rings (SSSR count). The van der Waals surface area contributed by atoms with Crippen molar-refractivity contribution in [3.05, 3.63) is 48.5 Å². The lowest BCUT2D eigenvalue weighted by Crippen LogP contribution is -2.02. The van der Waals surface area contributed by atoms with Gasteiger partial charge in [0.25, 0.3) is 0 Å². The number of thioether (sulfide) groups is 1. The van der Waals surface area contributed by atoms with E-state index in [4.69, 9.17) is 5.11 Å². The number of imidazole rings is 1. The maximum absolute atomic E-state index is 13.5. The normalized spacial score (nSPS) is 10.9. The lowest BCUT2D eigenvalue weighted by Gasteiger charge is -2.08. The van der Waals surface area contributed by atoms with E-state index in [1.807, 2.05) is 0 Å². The third kappa shape index (κ3) is 2.73. The highest BCUT2D eigenvalue weighted by Gasteiger charge is 2.14. The SMILES string of the molecule is O=C(O)CSc1nc2cnccc2n1-c1cccc(F)c1. The highest BCUT2D eigenvalue weighted by molar-refractivity contribution is 7.99. The summed E-state index contributed by atoms with van der Waals surface area (Å²) in [6.45, 7) is 0. The van der Waals surface area contributed by atoms with Gasteiger partial charge >= 0.3 is 5.97 Å². The zero-order chi connectivity index (χ0) is 14.8. The molecule has 0 aliphatic rings. The number of fused-ring (bicyclic) bond motifs is 1. The smallest absolute Gasteiger partial charge is 0.313 e. The molecule has 21 heavy (non-hydrogen) atoms. The van der Waals surface area contributed by atoms with Gasteiger partial charge in [-0.2, -0.15) is 0 Å². The lowest BCUT2D eigenvalue weighted by atomic mass is 10.3. The largest absolute Gasteiger partial charge is 0.481 e. The van der Waals surface area contributed by atoms with Crippen molar-refractivity contribution < 1.29 is 14.3 Å². The van der Waals surface area contributed by atoms with Crippen molar-refractivity contribution in [1.82, 2.24) is 14.5 Å². The number of carboxylic acids is 1. The number of benzene rings is 1. The molecule has 0 bridgehead atoms. The fourth-order valence-electron chi connectivity index (χ4n) is 2.00. The van der Waals surface area contributed by atoms with E-state index >= 15 is 0 Å². The number of aromatic nitrogens is 3. The minimum absolute atomic E-state index is 0.119. The molecule has 0 unspecified atom stereocenters. The molecule has 0 amide bonds. The van der Waals surface area contributed by atoms with E-state index in [-0.39, 0.29) is 11.6 Å². The summed E-state index contributed by atoms with van der Waals surface area (Å²) in [5, 5.41) is 9.32. The topological polar surface area (TPSA) is 68.0 Å². The van der Waals surface area contributed by atoms with Crippen molar-refractivity contribution in [2.24, 2.45) is 0 Å². The van der Waals surface area contributed by atoms with E-state index in [0.29, 0.717) is 16.4 Å². The van der Waals surface area contributed by atoms with Crippen LogP contribution in [0.4, 0.5) is 4.39 Å². The van der Waals surface area contributed by atoms with Crippen molar-refractivity contribution in [2.45, 2.75) is 5.16 Å². The highest BCUT2D eigenvalue weighted by atomic mass is 32.2. The van der Waals surface area contributed by atoms with Crippen LogP contribution in [0.25, 0.3) is 16.7 Å². The summed E-state index contributed by atoms with van der Waals surface area (Å²) in [4.78, 5) is 19.1. The first kappa shape index (κ1) is 13.6. The molecule has 0 atom stereocenters. The molecule has 0 saturated carbocycles. The second-order valence-corrected chi connectivity index (χ2v) is 5.20. The first-order valence-electron chi connectivity index (χ1n) is 6.08. The van der Waals surface area contributed by atoms with Gasteiger partial charge in [0.1, 0.15) is 11.3 Å². The summed E-state index contributed by atoms with van der Waals surface area (Å²) in [6, 6.07) is 7.84. The molecule has 7 heteroatoms. The summed E-state index contributed by atoms with van der Waals surface area (Å²) < 4.78 is 15.2. The molecule has 2 heterocycles. The average Bonchev–Trinajstić information content (AvgIpc) is 2.83. The highest BCUT2D eigenvalue weighted by Crippen LogP contribution is 2.27. The van der Waals surface area contributed by atoms with Crippen molar-refractivity contribution in [2.75, 3.05) is 5.75 Å². The second-order valence-electron chi connectivity index (χ2n) is 4.26. The van der Waals surface area contributed by atoms with E-state index in [2.05, 4.69) is 9.97 Å². The molecule has 0 radical (unpaired) electrons. The van der Waals surface area contributed by atoms with Crippen molar-refractivity contribution in [1.29, 1.82) is 0 Å². The van der Waals surface area contributed by atoms with Crippen LogP contribution < -0.4 is 0 Å². The zero-order valence-corrected chi connectivity index (χ0v) is 11.5. The Morgan fingerprint density at radius 3 is 3.00 bits per heavy atom. The number of hydrogen-bond donors (Lipinski definition) is 1. The summed E-state index contributed by atoms with van der Waals surface area (Å²) in [7, 11) is 0. The van der Waals surface area contributed by atoms with Gasteiger partial charge in [0, 0.05) is 6.20 Å². The summed E-state index contributed by atoms with van der Waals surface area (Å²) >= 11 is 1.08. The molecule has 0 spiro atoms. The van der Waals surface area contributed by atoms with Crippen LogP contribution in [0.1, 0.15) is 0 Å².